The lowest BCUT2D eigenvalue weighted by Gasteiger charge is -2.61. The van der Waals surface area contributed by atoms with Crippen LogP contribution in [-0.2, 0) is 19.7 Å². The first-order chi connectivity index (χ1) is 13.1. The summed E-state index contributed by atoms with van der Waals surface area (Å²) >= 11 is 0. The van der Waals surface area contributed by atoms with Gasteiger partial charge in [0, 0.05) is 35.5 Å². The number of rotatable bonds is 0. The van der Waals surface area contributed by atoms with Gasteiger partial charge in [0.2, 0.25) is 5.91 Å². The largest absolute Gasteiger partial charge is 0.380 e. The van der Waals surface area contributed by atoms with Crippen LogP contribution in [0.2, 0.25) is 0 Å². The number of para-hydroxylation sites is 1. The van der Waals surface area contributed by atoms with Crippen molar-refractivity contribution in [1.29, 1.82) is 0 Å². The Labute approximate surface area is 157 Å². The quantitative estimate of drug-likeness (QED) is 0.723. The molecule has 0 radical (unpaired) electrons. The Morgan fingerprint density at radius 2 is 2.07 bits per heavy atom. The van der Waals surface area contributed by atoms with Crippen LogP contribution in [0.4, 0.5) is 5.69 Å². The van der Waals surface area contributed by atoms with Gasteiger partial charge in [0.05, 0.1) is 18.6 Å². The van der Waals surface area contributed by atoms with E-state index < -0.39 is 5.60 Å². The van der Waals surface area contributed by atoms with E-state index in [1.807, 2.05) is 11.0 Å². The van der Waals surface area contributed by atoms with Crippen LogP contribution in [0.15, 0.2) is 24.3 Å². The van der Waals surface area contributed by atoms with Gasteiger partial charge in [-0.15, -0.1) is 0 Å². The minimum Gasteiger partial charge on any atom is -0.380 e. The smallest absolute Gasteiger partial charge is 0.229 e. The van der Waals surface area contributed by atoms with Crippen molar-refractivity contribution in [2.24, 2.45) is 11.8 Å². The highest BCUT2D eigenvalue weighted by Crippen LogP contribution is 2.66. The number of carbonyl (C=O) groups is 2. The molecule has 6 nitrogen and oxygen atoms in total. The molecule has 6 aliphatic rings. The van der Waals surface area contributed by atoms with Crippen LogP contribution in [0, 0.1) is 11.8 Å². The van der Waals surface area contributed by atoms with Crippen molar-refractivity contribution < 1.29 is 19.4 Å². The van der Waals surface area contributed by atoms with E-state index in [0.717, 1.165) is 25.1 Å². The van der Waals surface area contributed by atoms with Crippen LogP contribution in [0.1, 0.15) is 24.8 Å². The Morgan fingerprint density at radius 1 is 1.22 bits per heavy atom. The maximum Gasteiger partial charge on any atom is 0.229 e. The van der Waals surface area contributed by atoms with Gasteiger partial charge < -0.3 is 14.7 Å². The number of Topliss-reactive ketones (excluding diaryl/α,β-unsaturated/α-hetero) is 1. The fraction of sp³-hybridized carbons (Fsp3) is 0.619. The molecule has 1 spiro atoms. The molecule has 140 valence electrons. The highest BCUT2D eigenvalue weighted by Gasteiger charge is 2.74. The second-order valence-electron chi connectivity index (χ2n) is 9.32. The first-order valence-electron chi connectivity index (χ1n) is 10.1. The van der Waals surface area contributed by atoms with E-state index in [1.54, 1.807) is 0 Å². The summed E-state index contributed by atoms with van der Waals surface area (Å²) in [6.07, 6.45) is 1.84. The van der Waals surface area contributed by atoms with Crippen molar-refractivity contribution >= 4 is 17.4 Å². The molecule has 7 atom stereocenters. The molecule has 5 fully saturated rings. The van der Waals surface area contributed by atoms with E-state index in [4.69, 9.17) is 4.74 Å². The molecule has 1 aromatic carbocycles. The van der Waals surface area contributed by atoms with Crippen LogP contribution in [0.5, 0.6) is 0 Å². The predicted molar refractivity (Wildman–Crippen MR) is 95.3 cm³/mol. The first-order valence-corrected chi connectivity index (χ1v) is 10.1. The van der Waals surface area contributed by atoms with Crippen molar-refractivity contribution in [2.75, 3.05) is 24.6 Å². The van der Waals surface area contributed by atoms with Crippen LogP contribution < -0.4 is 4.90 Å². The van der Waals surface area contributed by atoms with Crippen molar-refractivity contribution in [3.63, 3.8) is 0 Å². The molecule has 1 amide bonds. The monoisotopic (exact) mass is 366 g/mol. The number of benzene rings is 1. The second kappa shape index (κ2) is 4.45. The van der Waals surface area contributed by atoms with Gasteiger partial charge in [0.15, 0.2) is 5.78 Å². The van der Waals surface area contributed by atoms with Gasteiger partial charge >= 0.3 is 0 Å². The molecule has 5 heterocycles. The molecule has 27 heavy (non-hydrogen) atoms. The molecule has 1 saturated carbocycles. The molecule has 1 aromatic rings. The lowest BCUT2D eigenvalue weighted by molar-refractivity contribution is -0.167. The van der Waals surface area contributed by atoms with E-state index >= 15 is 0 Å². The summed E-state index contributed by atoms with van der Waals surface area (Å²) in [5.74, 6) is -0.209. The van der Waals surface area contributed by atoms with E-state index in [2.05, 4.69) is 23.1 Å². The molecule has 1 unspecified atom stereocenters. The number of ether oxygens (including phenoxy) is 1. The predicted octanol–water partition coefficient (Wildman–Crippen LogP) is 0.466. The average Bonchev–Trinajstić information content (AvgIpc) is 3.17. The minimum atomic E-state index is -1.34. The number of aliphatic hydroxyl groups is 1. The number of piperidine rings is 2. The Balaban J connectivity index is 1.54. The molecule has 0 aromatic heterocycles. The molecule has 1 N–H and O–H groups in total. The lowest BCUT2D eigenvalue weighted by Crippen LogP contribution is -2.74. The Kier molecular flexibility index (Phi) is 2.50. The topological polar surface area (TPSA) is 70.1 Å². The van der Waals surface area contributed by atoms with Gasteiger partial charge in [-0.2, -0.15) is 0 Å². The van der Waals surface area contributed by atoms with E-state index in [-0.39, 0.29) is 53.7 Å². The second-order valence-corrected chi connectivity index (χ2v) is 9.32. The Hall–Kier alpha value is -1.76. The summed E-state index contributed by atoms with van der Waals surface area (Å²) < 4.78 is 5.99. The SMILES string of the molecule is O=C1C[C@@H]2OCC(=O)C3(O)CN4CC[C@]56c7ccccc7N1[C@H]5[C@H]2[C@H]3C[C@H]46. The van der Waals surface area contributed by atoms with Gasteiger partial charge in [-0.25, -0.2) is 0 Å². The Morgan fingerprint density at radius 3 is 2.96 bits per heavy atom. The number of amides is 1. The Bertz CT molecular complexity index is 917. The third-order valence-electron chi connectivity index (χ3n) is 8.67. The maximum atomic E-state index is 13.2. The van der Waals surface area contributed by atoms with E-state index in [1.165, 1.54) is 5.56 Å². The molecule has 7 rings (SSSR count). The number of anilines is 1. The van der Waals surface area contributed by atoms with E-state index in [0.29, 0.717) is 13.0 Å². The van der Waals surface area contributed by atoms with Crippen LogP contribution >= 0.6 is 0 Å². The molecule has 4 saturated heterocycles. The number of ketones is 1. The maximum absolute atomic E-state index is 13.2. The third kappa shape index (κ3) is 1.44. The molecular formula is C21H22N2O4. The zero-order valence-corrected chi connectivity index (χ0v) is 15.0. The summed E-state index contributed by atoms with van der Waals surface area (Å²) in [6, 6.07) is 8.63. The molecule has 5 aliphatic heterocycles. The molecule has 6 heteroatoms. The number of carbonyl (C=O) groups excluding carboxylic acids is 2. The number of hydrogen-bond donors (Lipinski definition) is 1. The first kappa shape index (κ1) is 15.2. The number of hydrogen-bond acceptors (Lipinski definition) is 5. The van der Waals surface area contributed by atoms with Gasteiger partial charge in [-0.05, 0) is 31.0 Å². The zero-order chi connectivity index (χ0) is 18.1. The minimum absolute atomic E-state index is 0.00683. The highest BCUT2D eigenvalue weighted by molar-refractivity contribution is 5.99. The molecular weight excluding hydrogens is 344 g/mol. The fourth-order valence-corrected chi connectivity index (χ4v) is 7.81. The summed E-state index contributed by atoms with van der Waals surface area (Å²) in [4.78, 5) is 30.4. The average molecular weight is 366 g/mol. The summed E-state index contributed by atoms with van der Waals surface area (Å²) in [5, 5.41) is 11.5. The third-order valence-corrected chi connectivity index (χ3v) is 8.67. The standard InChI is InChI=1S/C21H22N2O4/c24-16-9-27-14-8-17(25)23-13-4-2-1-3-11(13)20-5-6-22-10-21(16,26)12(7-15(20)22)18(14)19(20)23/h1-4,12,14-15,18-19,26H,5-10H2/t12-,14+,15+,18+,19+,20-,21?/m1/s1. The van der Waals surface area contributed by atoms with Crippen LogP contribution in [0.25, 0.3) is 0 Å². The molecule has 2 bridgehead atoms. The van der Waals surface area contributed by atoms with Gasteiger partial charge in [-0.1, -0.05) is 18.2 Å². The normalized spacial score (nSPS) is 49.2. The van der Waals surface area contributed by atoms with Crippen molar-refractivity contribution in [2.45, 2.75) is 48.5 Å². The van der Waals surface area contributed by atoms with Crippen molar-refractivity contribution in [3.05, 3.63) is 29.8 Å². The van der Waals surface area contributed by atoms with Gasteiger partial charge in [0.25, 0.3) is 0 Å². The van der Waals surface area contributed by atoms with Crippen LogP contribution in [-0.4, -0.2) is 65.2 Å². The highest BCUT2D eigenvalue weighted by atomic mass is 16.5. The summed E-state index contributed by atoms with van der Waals surface area (Å²) in [7, 11) is 0. The van der Waals surface area contributed by atoms with Crippen molar-refractivity contribution in [3.8, 4) is 0 Å². The number of fused-ring (bicyclic) bond motifs is 2. The zero-order valence-electron chi connectivity index (χ0n) is 15.0. The number of nitrogens with zero attached hydrogens (tertiary/aromatic N) is 2. The lowest BCUT2D eigenvalue weighted by atomic mass is 9.51. The fourth-order valence-electron chi connectivity index (χ4n) is 7.81. The van der Waals surface area contributed by atoms with Crippen molar-refractivity contribution in [1.82, 2.24) is 4.90 Å². The summed E-state index contributed by atoms with van der Waals surface area (Å²) in [6.45, 7) is 1.21. The van der Waals surface area contributed by atoms with E-state index in [9.17, 15) is 14.7 Å². The van der Waals surface area contributed by atoms with Crippen LogP contribution in [0.3, 0.4) is 0 Å². The summed E-state index contributed by atoms with van der Waals surface area (Å²) in [5.41, 5.74) is 0.896. The van der Waals surface area contributed by atoms with Gasteiger partial charge in [-0.3, -0.25) is 14.5 Å². The van der Waals surface area contributed by atoms with Gasteiger partial charge in [0.1, 0.15) is 12.2 Å². The molecule has 1 aliphatic carbocycles.